The Kier molecular flexibility index (Phi) is 7.30. The van der Waals surface area contributed by atoms with Gasteiger partial charge in [-0.15, -0.1) is 0 Å². The van der Waals surface area contributed by atoms with Gasteiger partial charge in [0.05, 0.1) is 0 Å². The van der Waals surface area contributed by atoms with Crippen molar-refractivity contribution in [3.8, 4) is 0 Å². The Hall–Kier alpha value is 0. The van der Waals surface area contributed by atoms with E-state index in [4.69, 9.17) is 0 Å². The van der Waals surface area contributed by atoms with Crippen LogP contribution in [-0.2, 0) is 0 Å². The summed E-state index contributed by atoms with van der Waals surface area (Å²) in [7, 11) is 0. The third-order valence-electron chi connectivity index (χ3n) is 3.72. The van der Waals surface area contributed by atoms with E-state index in [1.54, 1.807) is 0 Å². The number of hydrogen-bond donors (Lipinski definition) is 0. The van der Waals surface area contributed by atoms with Gasteiger partial charge in [0.15, 0.2) is 0 Å². The van der Waals surface area contributed by atoms with Gasteiger partial charge in [-0.05, 0) is 36.0 Å². The van der Waals surface area contributed by atoms with Crippen LogP contribution in [0.3, 0.4) is 0 Å². The summed E-state index contributed by atoms with van der Waals surface area (Å²) in [4.78, 5) is 0. The van der Waals surface area contributed by atoms with Crippen molar-refractivity contribution in [2.45, 2.75) is 67.7 Å². The summed E-state index contributed by atoms with van der Waals surface area (Å²) in [6.45, 7) is 16.6. The van der Waals surface area contributed by atoms with Gasteiger partial charge in [0, 0.05) is 0 Å². The van der Waals surface area contributed by atoms with E-state index in [0.29, 0.717) is 0 Å². The molecule has 0 saturated carbocycles. The standard InChI is InChI=1S/C15H32/c1-8-14(10-9-11(2)3)15(12(4)5)13(6)7/h11-15H,8-10H2,1-7H3. The molecular formula is C15H32. The summed E-state index contributed by atoms with van der Waals surface area (Å²) < 4.78 is 0. The second-order valence-electron chi connectivity index (χ2n) is 6.20. The number of hydrogen-bond acceptors (Lipinski definition) is 0. The van der Waals surface area contributed by atoms with E-state index >= 15 is 0 Å². The maximum absolute atomic E-state index is 2.39. The third-order valence-corrected chi connectivity index (χ3v) is 3.72. The summed E-state index contributed by atoms with van der Waals surface area (Å²) in [6.07, 6.45) is 4.18. The first-order valence-corrected chi connectivity index (χ1v) is 6.90. The van der Waals surface area contributed by atoms with Crippen LogP contribution in [0.25, 0.3) is 0 Å². The van der Waals surface area contributed by atoms with Gasteiger partial charge in [-0.1, -0.05) is 61.3 Å². The fourth-order valence-corrected chi connectivity index (χ4v) is 3.07. The second kappa shape index (κ2) is 7.30. The van der Waals surface area contributed by atoms with E-state index < -0.39 is 0 Å². The molecule has 0 amide bonds. The highest BCUT2D eigenvalue weighted by atomic mass is 14.3. The number of rotatable bonds is 7. The molecule has 0 aromatic heterocycles. The van der Waals surface area contributed by atoms with Crippen molar-refractivity contribution >= 4 is 0 Å². The zero-order valence-corrected chi connectivity index (χ0v) is 12.0. The Morgan fingerprint density at radius 1 is 0.733 bits per heavy atom. The van der Waals surface area contributed by atoms with Crippen LogP contribution in [0.15, 0.2) is 0 Å². The van der Waals surface area contributed by atoms with Gasteiger partial charge in [-0.25, -0.2) is 0 Å². The molecule has 0 heterocycles. The largest absolute Gasteiger partial charge is 0.0651 e. The highest BCUT2D eigenvalue weighted by Crippen LogP contribution is 2.34. The predicted octanol–water partition coefficient (Wildman–Crippen LogP) is 5.38. The van der Waals surface area contributed by atoms with Crippen LogP contribution in [-0.4, -0.2) is 0 Å². The summed E-state index contributed by atoms with van der Waals surface area (Å²) in [5, 5.41) is 0. The van der Waals surface area contributed by atoms with E-state index in [1.165, 1.54) is 19.3 Å². The fourth-order valence-electron chi connectivity index (χ4n) is 3.07. The molecule has 1 atom stereocenters. The lowest BCUT2D eigenvalue weighted by atomic mass is 9.72. The fraction of sp³-hybridized carbons (Fsp3) is 1.00. The Labute approximate surface area is 97.8 Å². The molecule has 0 radical (unpaired) electrons. The molecule has 0 saturated heterocycles. The van der Waals surface area contributed by atoms with Crippen LogP contribution in [0.2, 0.25) is 0 Å². The van der Waals surface area contributed by atoms with Crippen molar-refractivity contribution in [2.24, 2.45) is 29.6 Å². The zero-order chi connectivity index (χ0) is 12.0. The summed E-state index contributed by atoms with van der Waals surface area (Å²) >= 11 is 0. The van der Waals surface area contributed by atoms with Crippen molar-refractivity contribution in [3.63, 3.8) is 0 Å². The van der Waals surface area contributed by atoms with Crippen LogP contribution in [0.4, 0.5) is 0 Å². The van der Waals surface area contributed by atoms with Crippen molar-refractivity contribution < 1.29 is 0 Å². The molecule has 0 nitrogen and oxygen atoms in total. The lowest BCUT2D eigenvalue weighted by molar-refractivity contribution is 0.165. The van der Waals surface area contributed by atoms with Crippen molar-refractivity contribution in [1.29, 1.82) is 0 Å². The van der Waals surface area contributed by atoms with E-state index in [2.05, 4.69) is 48.5 Å². The van der Waals surface area contributed by atoms with Crippen LogP contribution in [0, 0.1) is 29.6 Å². The average Bonchev–Trinajstić information content (AvgIpc) is 2.09. The summed E-state index contributed by atoms with van der Waals surface area (Å²) in [5.41, 5.74) is 0. The maximum Gasteiger partial charge on any atom is -0.0340 e. The molecule has 0 spiro atoms. The minimum Gasteiger partial charge on any atom is -0.0651 e. The minimum absolute atomic E-state index is 0.835. The quantitative estimate of drug-likeness (QED) is 0.531. The SMILES string of the molecule is CCC(CCC(C)C)C(C(C)C)C(C)C. The van der Waals surface area contributed by atoms with Crippen LogP contribution in [0.5, 0.6) is 0 Å². The second-order valence-corrected chi connectivity index (χ2v) is 6.20. The Balaban J connectivity index is 4.32. The van der Waals surface area contributed by atoms with Crippen LogP contribution >= 0.6 is 0 Å². The molecule has 0 aliphatic rings. The molecule has 0 heteroatoms. The van der Waals surface area contributed by atoms with E-state index in [9.17, 15) is 0 Å². The Morgan fingerprint density at radius 2 is 1.20 bits per heavy atom. The highest BCUT2D eigenvalue weighted by molar-refractivity contribution is 4.75. The Morgan fingerprint density at radius 3 is 1.47 bits per heavy atom. The lowest BCUT2D eigenvalue weighted by Crippen LogP contribution is -2.25. The molecule has 0 aromatic carbocycles. The molecule has 0 N–H and O–H groups in total. The maximum atomic E-state index is 2.39. The molecule has 0 aromatic rings. The van der Waals surface area contributed by atoms with Gasteiger partial charge < -0.3 is 0 Å². The average molecular weight is 212 g/mol. The molecule has 0 aliphatic carbocycles. The van der Waals surface area contributed by atoms with Gasteiger partial charge in [-0.2, -0.15) is 0 Å². The molecule has 0 fully saturated rings. The van der Waals surface area contributed by atoms with Gasteiger partial charge in [0.25, 0.3) is 0 Å². The van der Waals surface area contributed by atoms with Crippen LogP contribution < -0.4 is 0 Å². The van der Waals surface area contributed by atoms with Crippen molar-refractivity contribution in [3.05, 3.63) is 0 Å². The highest BCUT2D eigenvalue weighted by Gasteiger charge is 2.25. The molecular weight excluding hydrogens is 180 g/mol. The summed E-state index contributed by atoms with van der Waals surface area (Å²) in [6, 6.07) is 0. The topological polar surface area (TPSA) is 0 Å². The van der Waals surface area contributed by atoms with E-state index in [0.717, 1.165) is 29.6 Å². The smallest absolute Gasteiger partial charge is 0.0340 e. The van der Waals surface area contributed by atoms with Crippen molar-refractivity contribution in [2.75, 3.05) is 0 Å². The lowest BCUT2D eigenvalue weighted by Gasteiger charge is -2.33. The third kappa shape index (κ3) is 5.58. The van der Waals surface area contributed by atoms with Gasteiger partial charge >= 0.3 is 0 Å². The van der Waals surface area contributed by atoms with Crippen LogP contribution in [0.1, 0.15) is 67.7 Å². The first-order valence-electron chi connectivity index (χ1n) is 6.90. The zero-order valence-electron chi connectivity index (χ0n) is 12.0. The molecule has 15 heavy (non-hydrogen) atoms. The molecule has 1 unspecified atom stereocenters. The Bertz CT molecular complexity index is 136. The molecule has 92 valence electrons. The van der Waals surface area contributed by atoms with Gasteiger partial charge in [-0.3, -0.25) is 0 Å². The van der Waals surface area contributed by atoms with Gasteiger partial charge in [0.1, 0.15) is 0 Å². The predicted molar refractivity (Wildman–Crippen MR) is 71.0 cm³/mol. The molecule has 0 rings (SSSR count). The molecule has 0 aliphatic heterocycles. The first-order chi connectivity index (χ1) is 6.90. The summed E-state index contributed by atoms with van der Waals surface area (Å²) in [5.74, 6) is 4.38. The normalized spacial score (nSPS) is 14.6. The monoisotopic (exact) mass is 212 g/mol. The van der Waals surface area contributed by atoms with Crippen molar-refractivity contribution in [1.82, 2.24) is 0 Å². The van der Waals surface area contributed by atoms with E-state index in [1.807, 2.05) is 0 Å². The van der Waals surface area contributed by atoms with Gasteiger partial charge in [0.2, 0.25) is 0 Å². The minimum atomic E-state index is 0.835. The first kappa shape index (κ1) is 15.0. The van der Waals surface area contributed by atoms with E-state index in [-0.39, 0.29) is 0 Å². The molecule has 0 bridgehead atoms.